The molecule has 1 amide bonds. The minimum Gasteiger partial charge on any atom is -0.341 e. The summed E-state index contributed by atoms with van der Waals surface area (Å²) in [5, 5.41) is 3.24. The van der Waals surface area contributed by atoms with Gasteiger partial charge >= 0.3 is 0 Å². The maximum Gasteiger partial charge on any atom is 0.230 e. The number of hydrogen-bond acceptors (Lipinski definition) is 3. The van der Waals surface area contributed by atoms with Gasteiger partial charge in [-0.3, -0.25) is 4.79 Å². The number of carbonyl (C=O) groups is 1. The first-order valence-electron chi connectivity index (χ1n) is 6.38. The molecule has 0 unspecified atom stereocenters. The number of rotatable bonds is 3. The third kappa shape index (κ3) is 1.96. The number of carbonyl (C=O) groups excluding carboxylic acids is 1. The smallest absolute Gasteiger partial charge is 0.230 e. The lowest BCUT2D eigenvalue weighted by molar-refractivity contribution is -0.140. The molecule has 1 aliphatic carbocycles. The molecule has 1 atom stereocenters. The van der Waals surface area contributed by atoms with Gasteiger partial charge in [-0.25, -0.2) is 0 Å². The first-order valence-corrected chi connectivity index (χ1v) is 6.38. The molecule has 0 spiro atoms. The Hall–Kier alpha value is -0.610. The molecule has 2 aliphatic rings. The summed E-state index contributed by atoms with van der Waals surface area (Å²) < 4.78 is 0. The van der Waals surface area contributed by atoms with Crippen LogP contribution < -0.4 is 11.1 Å². The summed E-state index contributed by atoms with van der Waals surface area (Å²) in [5.41, 5.74) is 5.62. The van der Waals surface area contributed by atoms with Crippen molar-refractivity contribution in [3.05, 3.63) is 0 Å². The normalized spacial score (nSPS) is 28.6. The highest BCUT2D eigenvalue weighted by Gasteiger charge is 2.43. The number of nitrogens with one attached hydrogen (secondary N) is 1. The average molecular weight is 225 g/mol. The monoisotopic (exact) mass is 225 g/mol. The van der Waals surface area contributed by atoms with Crippen molar-refractivity contribution in [2.45, 2.75) is 38.1 Å². The molecule has 0 aromatic rings. The van der Waals surface area contributed by atoms with Gasteiger partial charge < -0.3 is 16.0 Å². The van der Waals surface area contributed by atoms with Crippen LogP contribution in [0.2, 0.25) is 0 Å². The van der Waals surface area contributed by atoms with Gasteiger partial charge in [0.25, 0.3) is 0 Å². The number of nitrogens with two attached hydrogens (primary N) is 1. The standard InChI is InChI=1S/C12H23N3O/c1-14-10-4-7-15(8-10)11(16)12(9-13)5-2-3-6-12/h10,14H,2-9,13H2,1H3/t10-/m1/s1. The van der Waals surface area contributed by atoms with Crippen LogP contribution in [-0.2, 0) is 4.79 Å². The Morgan fingerprint density at radius 3 is 2.69 bits per heavy atom. The Balaban J connectivity index is 2.01. The van der Waals surface area contributed by atoms with Crippen LogP contribution >= 0.6 is 0 Å². The number of likely N-dealkylation sites (tertiary alicyclic amines) is 1. The zero-order chi connectivity index (χ0) is 11.6. The summed E-state index contributed by atoms with van der Waals surface area (Å²) in [5.74, 6) is 0.310. The van der Waals surface area contributed by atoms with Gasteiger partial charge in [-0.15, -0.1) is 0 Å². The van der Waals surface area contributed by atoms with Gasteiger partial charge in [0.1, 0.15) is 0 Å². The number of likely N-dealkylation sites (N-methyl/N-ethyl adjacent to an activating group) is 1. The van der Waals surface area contributed by atoms with Crippen molar-refractivity contribution < 1.29 is 4.79 Å². The molecule has 0 bridgehead atoms. The van der Waals surface area contributed by atoms with E-state index in [0.717, 1.165) is 45.2 Å². The topological polar surface area (TPSA) is 58.4 Å². The lowest BCUT2D eigenvalue weighted by Crippen LogP contribution is -2.46. The van der Waals surface area contributed by atoms with Crippen LogP contribution in [0.5, 0.6) is 0 Å². The quantitative estimate of drug-likeness (QED) is 0.727. The molecule has 0 radical (unpaired) electrons. The summed E-state index contributed by atoms with van der Waals surface area (Å²) in [6, 6.07) is 0.472. The minimum atomic E-state index is -0.220. The summed E-state index contributed by atoms with van der Waals surface area (Å²) >= 11 is 0. The Bertz CT molecular complexity index is 261. The second kappa shape index (κ2) is 4.72. The lowest BCUT2D eigenvalue weighted by atomic mass is 9.85. The van der Waals surface area contributed by atoms with Gasteiger partial charge in [0.15, 0.2) is 0 Å². The van der Waals surface area contributed by atoms with E-state index in [2.05, 4.69) is 5.32 Å². The van der Waals surface area contributed by atoms with Crippen molar-refractivity contribution >= 4 is 5.91 Å². The number of nitrogens with zero attached hydrogens (tertiary/aromatic N) is 1. The number of hydrogen-bond donors (Lipinski definition) is 2. The second-order valence-corrected chi connectivity index (χ2v) is 5.22. The lowest BCUT2D eigenvalue weighted by Gasteiger charge is -2.31. The van der Waals surface area contributed by atoms with E-state index in [0.29, 0.717) is 18.5 Å². The molecule has 2 fully saturated rings. The molecule has 1 heterocycles. The molecule has 4 nitrogen and oxygen atoms in total. The predicted octanol–water partition coefficient (Wildman–Crippen LogP) is 0.326. The van der Waals surface area contributed by atoms with E-state index >= 15 is 0 Å². The van der Waals surface area contributed by atoms with Crippen molar-refractivity contribution in [3.8, 4) is 0 Å². The molecule has 16 heavy (non-hydrogen) atoms. The molecular formula is C12H23N3O. The van der Waals surface area contributed by atoms with Gasteiger partial charge in [0.2, 0.25) is 5.91 Å². The molecule has 1 saturated carbocycles. The van der Waals surface area contributed by atoms with E-state index in [1.54, 1.807) is 0 Å². The first kappa shape index (κ1) is 11.9. The third-order valence-corrected chi connectivity index (χ3v) is 4.29. The van der Waals surface area contributed by atoms with Crippen molar-refractivity contribution in [2.75, 3.05) is 26.7 Å². The fourth-order valence-electron chi connectivity index (χ4n) is 3.07. The Morgan fingerprint density at radius 2 is 2.19 bits per heavy atom. The molecule has 0 aromatic heterocycles. The van der Waals surface area contributed by atoms with E-state index in [1.165, 1.54) is 0 Å². The molecule has 1 saturated heterocycles. The van der Waals surface area contributed by atoms with E-state index in [-0.39, 0.29) is 5.41 Å². The SMILES string of the molecule is CN[C@@H]1CCN(C(=O)C2(CN)CCCC2)C1. The van der Waals surface area contributed by atoms with Crippen LogP contribution in [-0.4, -0.2) is 43.5 Å². The average Bonchev–Trinajstić information content (AvgIpc) is 2.98. The van der Waals surface area contributed by atoms with E-state index in [9.17, 15) is 4.79 Å². The Kier molecular flexibility index (Phi) is 3.50. The maximum atomic E-state index is 12.5. The molecule has 2 rings (SSSR count). The van der Waals surface area contributed by atoms with Crippen LogP contribution in [0.1, 0.15) is 32.1 Å². The van der Waals surface area contributed by atoms with Gasteiger partial charge in [-0.05, 0) is 26.3 Å². The van der Waals surface area contributed by atoms with Crippen LogP contribution in [0.25, 0.3) is 0 Å². The van der Waals surface area contributed by atoms with Gasteiger partial charge in [-0.1, -0.05) is 12.8 Å². The molecule has 0 aromatic carbocycles. The highest BCUT2D eigenvalue weighted by atomic mass is 16.2. The number of amides is 1. The fourth-order valence-corrected chi connectivity index (χ4v) is 3.07. The molecule has 1 aliphatic heterocycles. The largest absolute Gasteiger partial charge is 0.341 e. The van der Waals surface area contributed by atoms with Crippen LogP contribution in [0.15, 0.2) is 0 Å². The summed E-state index contributed by atoms with van der Waals surface area (Å²) in [4.78, 5) is 14.5. The summed E-state index contributed by atoms with van der Waals surface area (Å²) in [7, 11) is 1.97. The zero-order valence-corrected chi connectivity index (χ0v) is 10.2. The second-order valence-electron chi connectivity index (χ2n) is 5.22. The molecule has 3 N–H and O–H groups in total. The van der Waals surface area contributed by atoms with Gasteiger partial charge in [0.05, 0.1) is 5.41 Å². The van der Waals surface area contributed by atoms with E-state index in [4.69, 9.17) is 5.73 Å². The highest BCUT2D eigenvalue weighted by molar-refractivity contribution is 5.83. The minimum absolute atomic E-state index is 0.220. The van der Waals surface area contributed by atoms with Gasteiger partial charge in [0, 0.05) is 25.7 Å². The molecule has 92 valence electrons. The Morgan fingerprint density at radius 1 is 1.50 bits per heavy atom. The van der Waals surface area contributed by atoms with Crippen molar-refractivity contribution in [2.24, 2.45) is 11.1 Å². The van der Waals surface area contributed by atoms with Crippen LogP contribution in [0.3, 0.4) is 0 Å². The summed E-state index contributed by atoms with van der Waals surface area (Å²) in [6.45, 7) is 2.27. The van der Waals surface area contributed by atoms with E-state index < -0.39 is 0 Å². The highest BCUT2D eigenvalue weighted by Crippen LogP contribution is 2.39. The third-order valence-electron chi connectivity index (χ3n) is 4.29. The molecule has 4 heteroatoms. The Labute approximate surface area is 97.6 Å². The van der Waals surface area contributed by atoms with E-state index in [1.807, 2.05) is 11.9 Å². The zero-order valence-electron chi connectivity index (χ0n) is 10.2. The molecular weight excluding hydrogens is 202 g/mol. The van der Waals surface area contributed by atoms with Crippen LogP contribution in [0, 0.1) is 5.41 Å². The first-order chi connectivity index (χ1) is 7.72. The maximum absolute atomic E-state index is 12.5. The van der Waals surface area contributed by atoms with Crippen molar-refractivity contribution in [3.63, 3.8) is 0 Å². The van der Waals surface area contributed by atoms with Crippen molar-refractivity contribution in [1.29, 1.82) is 0 Å². The predicted molar refractivity (Wildman–Crippen MR) is 64.0 cm³/mol. The summed E-state index contributed by atoms with van der Waals surface area (Å²) in [6.07, 6.45) is 5.37. The van der Waals surface area contributed by atoms with Crippen molar-refractivity contribution in [1.82, 2.24) is 10.2 Å². The fraction of sp³-hybridized carbons (Fsp3) is 0.917. The van der Waals surface area contributed by atoms with Gasteiger partial charge in [-0.2, -0.15) is 0 Å². The van der Waals surface area contributed by atoms with Crippen LogP contribution in [0.4, 0.5) is 0 Å².